The highest BCUT2D eigenvalue weighted by molar-refractivity contribution is 7.33. The second kappa shape index (κ2) is 5.12. The van der Waals surface area contributed by atoms with Gasteiger partial charge >= 0.3 is 8.25 Å². The van der Waals surface area contributed by atoms with Crippen LogP contribution < -0.4 is 0 Å². The van der Waals surface area contributed by atoms with Gasteiger partial charge < -0.3 is 0 Å². The third kappa shape index (κ3) is 4.15. The van der Waals surface area contributed by atoms with Crippen LogP contribution in [0.25, 0.3) is 0 Å². The second-order valence-electron chi connectivity index (χ2n) is 0.887. The van der Waals surface area contributed by atoms with Crippen molar-refractivity contribution < 1.29 is 18.7 Å². The summed E-state index contributed by atoms with van der Waals surface area (Å²) in [6.07, 6.45) is 0. The summed E-state index contributed by atoms with van der Waals surface area (Å²) >= 11 is 0. The third-order valence-electron chi connectivity index (χ3n) is 0.380. The molecule has 49 valence electrons. The predicted octanol–water partition coefficient (Wildman–Crippen LogP) is 1.26. The molecule has 0 aliphatic rings. The minimum atomic E-state index is -2.06. The van der Waals surface area contributed by atoms with Crippen LogP contribution in [0, 0.1) is 0 Å². The molecule has 0 spiro atoms. The summed E-state index contributed by atoms with van der Waals surface area (Å²) in [5.41, 5.74) is 0. The highest BCUT2D eigenvalue weighted by Gasteiger charge is 1.95. The second-order valence-corrected chi connectivity index (χ2v) is 1.85. The molecule has 0 saturated heterocycles. The van der Waals surface area contributed by atoms with Crippen molar-refractivity contribution in [2.24, 2.45) is 0 Å². The van der Waals surface area contributed by atoms with Crippen LogP contribution in [0.2, 0.25) is 0 Å². The maximum atomic E-state index is 10.1. The zero-order valence-corrected chi connectivity index (χ0v) is 5.68. The van der Waals surface area contributed by atoms with E-state index in [1.807, 2.05) is 0 Å². The third-order valence-corrected chi connectivity index (χ3v) is 0.906. The predicted molar refractivity (Wildman–Crippen MR) is 27.3 cm³/mol. The van der Waals surface area contributed by atoms with E-state index in [4.69, 9.17) is 0 Å². The fourth-order valence-electron chi connectivity index (χ4n) is 0.126. The molecule has 0 saturated carbocycles. The molecule has 1 atom stereocenters. The van der Waals surface area contributed by atoms with Gasteiger partial charge in [-0.2, -0.15) is 0 Å². The first-order valence-electron chi connectivity index (χ1n) is 2.12. The minimum Gasteiger partial charge on any atom is -0.285 e. The summed E-state index contributed by atoms with van der Waals surface area (Å²) < 4.78 is 18.5. The summed E-state index contributed by atoms with van der Waals surface area (Å²) in [5, 5.41) is 0. The van der Waals surface area contributed by atoms with Crippen molar-refractivity contribution in [1.29, 1.82) is 0 Å². The van der Waals surface area contributed by atoms with E-state index in [9.17, 15) is 4.57 Å². The molecule has 0 aromatic heterocycles. The van der Waals surface area contributed by atoms with Crippen molar-refractivity contribution in [3.63, 3.8) is 0 Å². The molecular formula is C3H8O4P. The zero-order chi connectivity index (χ0) is 6.41. The lowest BCUT2D eigenvalue weighted by Crippen LogP contribution is -1.84. The van der Waals surface area contributed by atoms with E-state index in [-0.39, 0.29) is 0 Å². The van der Waals surface area contributed by atoms with Crippen LogP contribution in [-0.2, 0) is 18.7 Å². The van der Waals surface area contributed by atoms with Crippen LogP contribution in [0.3, 0.4) is 0 Å². The molecule has 0 bridgehead atoms. The Morgan fingerprint density at radius 3 is 2.62 bits per heavy atom. The Balaban J connectivity index is 2.99. The van der Waals surface area contributed by atoms with Gasteiger partial charge in [-0.3, -0.25) is 4.52 Å². The number of rotatable bonds is 4. The van der Waals surface area contributed by atoms with Crippen molar-refractivity contribution in [1.82, 2.24) is 0 Å². The molecule has 4 nitrogen and oxygen atoms in total. The molecule has 0 aromatic rings. The average Bonchev–Trinajstić information content (AvgIpc) is 1.83. The fourth-order valence-corrected chi connectivity index (χ4v) is 0.379. The van der Waals surface area contributed by atoms with Crippen molar-refractivity contribution in [2.45, 2.75) is 6.92 Å². The van der Waals surface area contributed by atoms with E-state index in [1.54, 1.807) is 6.92 Å². The molecule has 8 heavy (non-hydrogen) atoms. The maximum Gasteiger partial charge on any atom is 0.397 e. The first kappa shape index (κ1) is 7.98. The van der Waals surface area contributed by atoms with Gasteiger partial charge in [0.1, 0.15) is 0 Å². The Hall–Kier alpha value is -0.0200. The van der Waals surface area contributed by atoms with Crippen LogP contribution in [0.5, 0.6) is 0 Å². The van der Waals surface area contributed by atoms with Gasteiger partial charge in [-0.05, 0) is 6.92 Å². The highest BCUT2D eigenvalue weighted by Crippen LogP contribution is 2.21. The quantitative estimate of drug-likeness (QED) is 0.334. The Morgan fingerprint density at radius 2 is 2.25 bits per heavy atom. The molecule has 5 heteroatoms. The molecule has 0 aromatic carbocycles. The van der Waals surface area contributed by atoms with Gasteiger partial charge in [0.15, 0.2) is 0 Å². The molecule has 0 amide bonds. The van der Waals surface area contributed by atoms with Crippen LogP contribution in [0.1, 0.15) is 6.92 Å². The van der Waals surface area contributed by atoms with E-state index in [0.29, 0.717) is 6.61 Å². The van der Waals surface area contributed by atoms with Crippen molar-refractivity contribution in [3.8, 4) is 0 Å². The molecule has 0 N–H and O–H groups in total. The molecule has 1 radical (unpaired) electrons. The van der Waals surface area contributed by atoms with Crippen molar-refractivity contribution in [3.05, 3.63) is 0 Å². The number of hydrogen-bond donors (Lipinski definition) is 0. The highest BCUT2D eigenvalue weighted by atomic mass is 31.1. The van der Waals surface area contributed by atoms with Gasteiger partial charge in [-0.1, -0.05) is 0 Å². The summed E-state index contributed by atoms with van der Waals surface area (Å²) in [6.45, 7) is 2.09. The largest absolute Gasteiger partial charge is 0.397 e. The fraction of sp³-hybridized carbons (Fsp3) is 1.00. The number of hydrogen-bond acceptors (Lipinski definition) is 4. The first-order chi connectivity index (χ1) is 3.81. The van der Waals surface area contributed by atoms with Crippen LogP contribution >= 0.6 is 8.25 Å². The SMILES string of the molecule is CCOO[P](=O)OC. The molecule has 1 unspecified atom stereocenters. The van der Waals surface area contributed by atoms with Gasteiger partial charge in [0.05, 0.1) is 13.7 Å². The van der Waals surface area contributed by atoms with E-state index in [2.05, 4.69) is 14.1 Å². The minimum absolute atomic E-state index is 0.366. The molecule has 0 fully saturated rings. The van der Waals surface area contributed by atoms with Crippen LogP contribution in [0.15, 0.2) is 0 Å². The summed E-state index contributed by atoms with van der Waals surface area (Å²) in [7, 11) is -0.781. The lowest BCUT2D eigenvalue weighted by atomic mass is 10.9. The Morgan fingerprint density at radius 1 is 1.62 bits per heavy atom. The topological polar surface area (TPSA) is 44.8 Å². The normalized spacial score (nSPS) is 11.5. The van der Waals surface area contributed by atoms with Gasteiger partial charge in [0.2, 0.25) is 0 Å². The zero-order valence-electron chi connectivity index (χ0n) is 4.79. The van der Waals surface area contributed by atoms with Gasteiger partial charge in [0, 0.05) is 0 Å². The monoisotopic (exact) mass is 139 g/mol. The molecule has 0 aliphatic heterocycles. The van der Waals surface area contributed by atoms with E-state index >= 15 is 0 Å². The molecule has 0 heterocycles. The smallest absolute Gasteiger partial charge is 0.285 e. The van der Waals surface area contributed by atoms with Crippen molar-refractivity contribution in [2.75, 3.05) is 13.7 Å². The van der Waals surface area contributed by atoms with Crippen LogP contribution in [0.4, 0.5) is 0 Å². The van der Waals surface area contributed by atoms with E-state index < -0.39 is 8.25 Å². The van der Waals surface area contributed by atoms with E-state index in [0.717, 1.165) is 0 Å². The van der Waals surface area contributed by atoms with Gasteiger partial charge in [0.25, 0.3) is 0 Å². The Kier molecular flexibility index (Phi) is 5.11. The van der Waals surface area contributed by atoms with E-state index in [1.165, 1.54) is 7.11 Å². The molecule has 0 aliphatic carbocycles. The van der Waals surface area contributed by atoms with Gasteiger partial charge in [-0.15, -0.1) is 4.67 Å². The summed E-state index contributed by atoms with van der Waals surface area (Å²) in [4.78, 5) is 4.28. The van der Waals surface area contributed by atoms with Crippen molar-refractivity contribution >= 4 is 8.25 Å². The molecular weight excluding hydrogens is 131 g/mol. The van der Waals surface area contributed by atoms with Crippen LogP contribution in [-0.4, -0.2) is 13.7 Å². The Labute approximate surface area is 48.6 Å². The molecule has 0 rings (SSSR count). The summed E-state index contributed by atoms with van der Waals surface area (Å²) in [5.74, 6) is 0. The maximum absolute atomic E-state index is 10.1. The van der Waals surface area contributed by atoms with Gasteiger partial charge in [-0.25, -0.2) is 9.45 Å². The average molecular weight is 139 g/mol. The Bertz CT molecular complexity index is 73.7. The lowest BCUT2D eigenvalue weighted by Gasteiger charge is -1.94. The first-order valence-corrected chi connectivity index (χ1v) is 3.21. The lowest BCUT2D eigenvalue weighted by molar-refractivity contribution is -0.204. The standard InChI is InChI=1S/C3H8O4P/c1-3-6-7-8(4)5-2/h3H2,1-2H3. The summed E-state index contributed by atoms with van der Waals surface area (Å²) in [6, 6.07) is 0.